The third kappa shape index (κ3) is 2.94. The summed E-state index contributed by atoms with van der Waals surface area (Å²) < 4.78 is 0. The smallest absolute Gasteiger partial charge is 0.326 e. The predicted molar refractivity (Wildman–Crippen MR) is 85.5 cm³/mol. The van der Waals surface area contributed by atoms with Gasteiger partial charge in [-0.15, -0.1) is 11.3 Å². The van der Waals surface area contributed by atoms with Crippen LogP contribution >= 0.6 is 11.3 Å². The van der Waals surface area contributed by atoms with E-state index in [4.69, 9.17) is 0 Å². The van der Waals surface area contributed by atoms with Crippen LogP contribution in [0.3, 0.4) is 0 Å². The van der Waals surface area contributed by atoms with Crippen molar-refractivity contribution in [2.45, 2.75) is 19.0 Å². The van der Waals surface area contributed by atoms with Gasteiger partial charge in [0.2, 0.25) is 5.91 Å². The highest BCUT2D eigenvalue weighted by Crippen LogP contribution is 2.24. The third-order valence-corrected chi connectivity index (χ3v) is 4.59. The summed E-state index contributed by atoms with van der Waals surface area (Å²) in [6.45, 7) is 0.334. The highest BCUT2D eigenvalue weighted by Gasteiger charge is 2.33. The van der Waals surface area contributed by atoms with Crippen molar-refractivity contribution in [2.24, 2.45) is 0 Å². The number of carboxylic acid groups (broad SMARTS) is 1. The molecule has 1 unspecified atom stereocenters. The molecule has 0 spiro atoms. The summed E-state index contributed by atoms with van der Waals surface area (Å²) in [5.74, 6) is -1.23. The van der Waals surface area contributed by atoms with Gasteiger partial charge in [-0.1, -0.05) is 30.3 Å². The lowest BCUT2D eigenvalue weighted by Gasteiger charge is -2.33. The van der Waals surface area contributed by atoms with E-state index in [0.717, 1.165) is 16.0 Å². The average Bonchev–Trinajstić information content (AvgIpc) is 3.04. The first kappa shape index (κ1) is 14.5. The van der Waals surface area contributed by atoms with Crippen LogP contribution in [0.4, 0.5) is 0 Å². The molecule has 4 nitrogen and oxygen atoms in total. The predicted octanol–water partition coefficient (Wildman–Crippen LogP) is 2.80. The number of carbonyl (C=O) groups is 2. The maximum Gasteiger partial charge on any atom is 0.326 e. The highest BCUT2D eigenvalue weighted by molar-refractivity contribution is 7.10. The molecule has 112 valence electrons. The zero-order chi connectivity index (χ0) is 15.5. The normalized spacial score (nSPS) is 17.5. The number of amides is 1. The van der Waals surface area contributed by atoms with Gasteiger partial charge in [-0.25, -0.2) is 4.79 Å². The number of benzene rings is 1. The molecule has 0 radical (unpaired) electrons. The number of nitrogens with zero attached hydrogens (tertiary/aromatic N) is 1. The molecule has 0 bridgehead atoms. The molecule has 5 heteroatoms. The van der Waals surface area contributed by atoms with Gasteiger partial charge in [-0.2, -0.15) is 0 Å². The summed E-state index contributed by atoms with van der Waals surface area (Å²) >= 11 is 1.53. The number of thiophene rings is 1. The van der Waals surface area contributed by atoms with E-state index in [9.17, 15) is 14.7 Å². The standard InChI is InChI=1S/C17H15NO3S/c19-16(8-7-14-6-3-9-22-14)18-11-13-5-2-1-4-12(13)10-15(18)17(20)21/h1-9,15H,10-11H2,(H,20,21)/b8-7+. The molecule has 2 heterocycles. The van der Waals surface area contributed by atoms with Crippen LogP contribution in [-0.4, -0.2) is 27.9 Å². The van der Waals surface area contributed by atoms with E-state index in [-0.39, 0.29) is 5.91 Å². The monoisotopic (exact) mass is 313 g/mol. The van der Waals surface area contributed by atoms with Gasteiger partial charge in [-0.05, 0) is 28.6 Å². The maximum absolute atomic E-state index is 12.4. The number of rotatable bonds is 3. The minimum absolute atomic E-state index is 0.268. The molecule has 0 saturated heterocycles. The topological polar surface area (TPSA) is 57.6 Å². The fraction of sp³-hybridized carbons (Fsp3) is 0.176. The van der Waals surface area contributed by atoms with Gasteiger partial charge in [0.25, 0.3) is 0 Å². The average molecular weight is 313 g/mol. The van der Waals surface area contributed by atoms with Gasteiger partial charge in [0.05, 0.1) is 0 Å². The van der Waals surface area contributed by atoms with Crippen molar-refractivity contribution in [3.8, 4) is 0 Å². The van der Waals surface area contributed by atoms with Crippen LogP contribution in [0, 0.1) is 0 Å². The summed E-state index contributed by atoms with van der Waals surface area (Å²) in [5, 5.41) is 11.4. The van der Waals surface area contributed by atoms with Gasteiger partial charge in [0.15, 0.2) is 0 Å². The molecular formula is C17H15NO3S. The Labute approximate surface area is 132 Å². The van der Waals surface area contributed by atoms with E-state index in [0.29, 0.717) is 13.0 Å². The Morgan fingerprint density at radius 2 is 1.95 bits per heavy atom. The lowest BCUT2D eigenvalue weighted by Crippen LogP contribution is -2.48. The Balaban J connectivity index is 1.84. The van der Waals surface area contributed by atoms with Crippen molar-refractivity contribution in [1.82, 2.24) is 4.90 Å². The molecule has 0 aliphatic carbocycles. The number of fused-ring (bicyclic) bond motifs is 1. The maximum atomic E-state index is 12.4. The van der Waals surface area contributed by atoms with Crippen molar-refractivity contribution in [1.29, 1.82) is 0 Å². The SMILES string of the molecule is O=C(O)C1Cc2ccccc2CN1C(=O)/C=C/c1cccs1. The Morgan fingerprint density at radius 3 is 2.64 bits per heavy atom. The molecule has 1 aliphatic rings. The third-order valence-electron chi connectivity index (χ3n) is 3.75. The van der Waals surface area contributed by atoms with Gasteiger partial charge in [0, 0.05) is 23.9 Å². The molecule has 2 aromatic rings. The van der Waals surface area contributed by atoms with Crippen LogP contribution in [0.2, 0.25) is 0 Å². The first-order valence-electron chi connectivity index (χ1n) is 6.97. The largest absolute Gasteiger partial charge is 0.480 e. The minimum Gasteiger partial charge on any atom is -0.480 e. The summed E-state index contributed by atoms with van der Waals surface area (Å²) in [5.41, 5.74) is 2.01. The van der Waals surface area contributed by atoms with Crippen LogP contribution in [0.5, 0.6) is 0 Å². The molecule has 1 aromatic heterocycles. The summed E-state index contributed by atoms with van der Waals surface area (Å²) in [4.78, 5) is 26.3. The molecule has 0 fully saturated rings. The van der Waals surface area contributed by atoms with E-state index in [1.54, 1.807) is 6.08 Å². The molecule has 22 heavy (non-hydrogen) atoms. The highest BCUT2D eigenvalue weighted by atomic mass is 32.1. The van der Waals surface area contributed by atoms with Crippen LogP contribution in [0.25, 0.3) is 6.08 Å². The van der Waals surface area contributed by atoms with Crippen molar-refractivity contribution in [3.63, 3.8) is 0 Å². The fourth-order valence-electron chi connectivity index (χ4n) is 2.61. The number of hydrogen-bond donors (Lipinski definition) is 1. The van der Waals surface area contributed by atoms with Gasteiger partial charge >= 0.3 is 5.97 Å². The zero-order valence-corrected chi connectivity index (χ0v) is 12.6. The molecule has 3 rings (SSSR count). The Hall–Kier alpha value is -2.40. The Morgan fingerprint density at radius 1 is 1.18 bits per heavy atom. The molecule has 1 N–H and O–H groups in total. The van der Waals surface area contributed by atoms with Crippen LogP contribution < -0.4 is 0 Å². The second kappa shape index (κ2) is 6.15. The minimum atomic E-state index is -0.965. The summed E-state index contributed by atoms with van der Waals surface area (Å²) in [6, 6.07) is 10.7. The zero-order valence-electron chi connectivity index (χ0n) is 11.8. The lowest BCUT2D eigenvalue weighted by atomic mass is 9.94. The van der Waals surface area contributed by atoms with Gasteiger partial charge in [-0.3, -0.25) is 4.79 Å². The quantitative estimate of drug-likeness (QED) is 0.887. The van der Waals surface area contributed by atoms with Crippen LogP contribution in [-0.2, 0) is 22.6 Å². The summed E-state index contributed by atoms with van der Waals surface area (Å²) in [7, 11) is 0. The lowest BCUT2D eigenvalue weighted by molar-refractivity contribution is -0.149. The molecule has 1 atom stereocenters. The van der Waals surface area contributed by atoms with Crippen molar-refractivity contribution >= 4 is 29.3 Å². The molecule has 1 amide bonds. The molecule has 0 saturated carbocycles. The van der Waals surface area contributed by atoms with E-state index >= 15 is 0 Å². The van der Waals surface area contributed by atoms with E-state index in [1.165, 1.54) is 22.3 Å². The van der Waals surface area contributed by atoms with Gasteiger partial charge in [0.1, 0.15) is 6.04 Å². The number of aliphatic carboxylic acids is 1. The summed E-state index contributed by atoms with van der Waals surface area (Å²) in [6.07, 6.45) is 3.53. The van der Waals surface area contributed by atoms with E-state index in [1.807, 2.05) is 41.8 Å². The van der Waals surface area contributed by atoms with Crippen molar-refractivity contribution in [3.05, 3.63) is 63.9 Å². The van der Waals surface area contributed by atoms with Crippen LogP contribution in [0.15, 0.2) is 47.9 Å². The van der Waals surface area contributed by atoms with Crippen molar-refractivity contribution in [2.75, 3.05) is 0 Å². The second-order valence-corrected chi connectivity index (χ2v) is 6.12. The number of hydrogen-bond acceptors (Lipinski definition) is 3. The Kier molecular flexibility index (Phi) is 4.06. The fourth-order valence-corrected chi connectivity index (χ4v) is 3.23. The number of carbonyl (C=O) groups excluding carboxylic acids is 1. The van der Waals surface area contributed by atoms with Crippen LogP contribution in [0.1, 0.15) is 16.0 Å². The molecule has 1 aromatic carbocycles. The second-order valence-electron chi connectivity index (χ2n) is 5.14. The first-order chi connectivity index (χ1) is 10.6. The van der Waals surface area contributed by atoms with E-state index in [2.05, 4.69) is 0 Å². The molecule has 1 aliphatic heterocycles. The number of carboxylic acids is 1. The van der Waals surface area contributed by atoms with Crippen molar-refractivity contribution < 1.29 is 14.7 Å². The van der Waals surface area contributed by atoms with E-state index < -0.39 is 12.0 Å². The van der Waals surface area contributed by atoms with Gasteiger partial charge < -0.3 is 10.0 Å². The Bertz CT molecular complexity index is 721. The first-order valence-corrected chi connectivity index (χ1v) is 7.85. The molecular weight excluding hydrogens is 298 g/mol.